The minimum Gasteiger partial charge on any atom is -0.308 e. The van der Waals surface area contributed by atoms with Gasteiger partial charge in [0.2, 0.25) is 0 Å². The molecule has 0 radical (unpaired) electrons. The molecule has 0 fully saturated rings. The van der Waals surface area contributed by atoms with E-state index in [-0.39, 0.29) is 5.91 Å². The number of hydrogen-bond donors (Lipinski definition) is 0. The van der Waals surface area contributed by atoms with Crippen molar-refractivity contribution in [1.29, 1.82) is 10.5 Å². The second-order valence-corrected chi connectivity index (χ2v) is 13.2. The molecule has 0 spiro atoms. The van der Waals surface area contributed by atoms with Gasteiger partial charge in [-0.1, -0.05) is 35.9 Å². The molecule has 0 saturated heterocycles. The molecular weight excluding hydrogens is 657 g/mol. The molecule has 53 heavy (non-hydrogen) atoms. The average Bonchev–Trinajstić information content (AvgIpc) is 3.63. The van der Waals surface area contributed by atoms with Gasteiger partial charge in [-0.05, 0) is 127 Å². The Morgan fingerprint density at radius 2 is 1.13 bits per heavy atom. The van der Waals surface area contributed by atoms with Gasteiger partial charge in [0.1, 0.15) is 0 Å². The molecule has 248 valence electrons. The molecule has 2 heterocycles. The summed E-state index contributed by atoms with van der Waals surface area (Å²) in [5, 5.41) is 21.0. The van der Waals surface area contributed by atoms with Crippen molar-refractivity contribution in [2.45, 2.75) is 20.8 Å². The Kier molecular flexibility index (Phi) is 7.48. The number of rotatable bonds is 4. The molecular formula is C45H26N6O2. The first kappa shape index (κ1) is 32.4. The highest BCUT2D eigenvalue weighted by molar-refractivity contribution is 6.36. The van der Waals surface area contributed by atoms with Gasteiger partial charge in [0.25, 0.3) is 11.8 Å². The third kappa shape index (κ3) is 5.11. The van der Waals surface area contributed by atoms with E-state index in [4.69, 9.17) is 13.1 Å². The van der Waals surface area contributed by atoms with E-state index in [9.17, 15) is 20.1 Å². The van der Waals surface area contributed by atoms with Crippen molar-refractivity contribution in [2.75, 3.05) is 4.90 Å². The summed E-state index contributed by atoms with van der Waals surface area (Å²) in [5.74, 6) is -0.785. The average molecular weight is 683 g/mol. The summed E-state index contributed by atoms with van der Waals surface area (Å²) in [6.07, 6.45) is 0. The molecule has 0 aliphatic carbocycles. The molecule has 6 aromatic carbocycles. The fourth-order valence-corrected chi connectivity index (χ4v) is 7.64. The van der Waals surface area contributed by atoms with Crippen molar-refractivity contribution >= 4 is 50.7 Å². The van der Waals surface area contributed by atoms with Crippen LogP contribution >= 0.6 is 0 Å². The van der Waals surface area contributed by atoms with E-state index in [0.717, 1.165) is 49.6 Å². The summed E-state index contributed by atoms with van der Waals surface area (Å²) < 4.78 is 1.99. The number of aromatic nitrogens is 1. The highest BCUT2D eigenvalue weighted by atomic mass is 16.2. The number of nitriles is 2. The Balaban J connectivity index is 1.40. The van der Waals surface area contributed by atoms with E-state index in [1.54, 1.807) is 48.5 Å². The Bertz CT molecular complexity index is 2760. The summed E-state index contributed by atoms with van der Waals surface area (Å²) in [7, 11) is 0. The third-order valence-corrected chi connectivity index (χ3v) is 9.78. The first-order valence-electron chi connectivity index (χ1n) is 16.7. The van der Waals surface area contributed by atoms with Crippen LogP contribution in [0.3, 0.4) is 0 Å². The van der Waals surface area contributed by atoms with Crippen LogP contribution < -0.4 is 4.90 Å². The van der Waals surface area contributed by atoms with Crippen LogP contribution in [-0.2, 0) is 0 Å². The molecule has 1 aliphatic rings. The molecule has 0 bridgehead atoms. The van der Waals surface area contributed by atoms with Gasteiger partial charge in [0, 0.05) is 21.9 Å². The second kappa shape index (κ2) is 12.2. The largest absolute Gasteiger partial charge is 0.308 e. The zero-order chi connectivity index (χ0) is 37.1. The molecule has 8 nitrogen and oxygen atoms in total. The van der Waals surface area contributed by atoms with E-state index in [1.807, 2.05) is 79.9 Å². The lowest BCUT2D eigenvalue weighted by molar-refractivity contribution is 0.0925. The lowest BCUT2D eigenvalue weighted by Gasteiger charge is -2.20. The first-order valence-corrected chi connectivity index (χ1v) is 16.7. The van der Waals surface area contributed by atoms with Crippen molar-refractivity contribution in [3.63, 3.8) is 0 Å². The van der Waals surface area contributed by atoms with E-state index in [0.29, 0.717) is 56.1 Å². The van der Waals surface area contributed by atoms with E-state index < -0.39 is 5.91 Å². The molecule has 8 heteroatoms. The van der Waals surface area contributed by atoms with Crippen LogP contribution in [0.2, 0.25) is 0 Å². The normalized spacial score (nSPS) is 12.0. The minimum absolute atomic E-state index is 0.302. The Labute approximate surface area is 305 Å². The lowest BCUT2D eigenvalue weighted by atomic mass is 9.98. The van der Waals surface area contributed by atoms with Crippen LogP contribution in [0.25, 0.3) is 59.4 Å². The van der Waals surface area contributed by atoms with Crippen molar-refractivity contribution in [3.8, 4) is 40.1 Å². The number of amides is 2. The number of aryl methyl sites for hydroxylation is 3. The maximum Gasteiger partial charge on any atom is 0.268 e. The number of imide groups is 1. The van der Waals surface area contributed by atoms with Gasteiger partial charge >= 0.3 is 0 Å². The van der Waals surface area contributed by atoms with Crippen LogP contribution in [0.15, 0.2) is 103 Å². The minimum atomic E-state index is -0.404. The predicted molar refractivity (Wildman–Crippen MR) is 205 cm³/mol. The topological polar surface area (TPSA) is 98.6 Å². The standard InChI is InChI=1S/C45H26N6O2/c1-25-13-26(2)43(27(3)14-25)51-44(52)36-7-6-8-41(42(36)45(51)53)50-39-11-9-30(32-15-28(23-46)17-34(19-32)48-4)21-37(39)38-22-31(10-12-40(38)50)33-16-29(24-47)18-35(20-33)49-5/h6-22H,1-3H3. The summed E-state index contributed by atoms with van der Waals surface area (Å²) in [4.78, 5) is 37.0. The van der Waals surface area contributed by atoms with Gasteiger partial charge < -0.3 is 4.57 Å². The number of fused-ring (bicyclic) bond motifs is 4. The van der Waals surface area contributed by atoms with Crippen LogP contribution in [-0.4, -0.2) is 16.4 Å². The molecule has 1 aliphatic heterocycles. The molecule has 2 amide bonds. The highest BCUT2D eigenvalue weighted by Crippen LogP contribution is 2.42. The first-order chi connectivity index (χ1) is 25.6. The highest BCUT2D eigenvalue weighted by Gasteiger charge is 2.40. The molecule has 0 unspecified atom stereocenters. The number of nitrogens with zero attached hydrogens (tertiary/aromatic N) is 6. The molecule has 8 rings (SSSR count). The number of carbonyl (C=O) groups excluding carboxylic acids is 2. The fraction of sp³-hybridized carbons (Fsp3) is 0.0667. The maximum absolute atomic E-state index is 14.5. The van der Waals surface area contributed by atoms with Crippen molar-refractivity contribution in [1.82, 2.24) is 4.57 Å². The van der Waals surface area contributed by atoms with Crippen LogP contribution in [0.5, 0.6) is 0 Å². The van der Waals surface area contributed by atoms with Gasteiger partial charge in [0.05, 0.1) is 58.8 Å². The van der Waals surface area contributed by atoms with Crippen molar-refractivity contribution in [3.05, 3.63) is 165 Å². The number of benzene rings is 6. The molecule has 0 N–H and O–H groups in total. The number of anilines is 1. The second-order valence-electron chi connectivity index (χ2n) is 13.2. The van der Waals surface area contributed by atoms with E-state index >= 15 is 0 Å². The number of carbonyl (C=O) groups is 2. The molecule has 0 saturated carbocycles. The maximum atomic E-state index is 14.5. The SMILES string of the molecule is [C-]#[N+]c1cc(C#N)cc(-c2ccc3c(c2)c2cc(-c4cc(C#N)cc([N+]#[C-])c4)ccc2n3-c2cccc3c2C(=O)N(c2c(C)cc(C)cc2C)C3=O)c1. The summed E-state index contributed by atoms with van der Waals surface area (Å²) in [5.41, 5.74) is 10.4. The Morgan fingerprint density at radius 1 is 0.604 bits per heavy atom. The quantitative estimate of drug-likeness (QED) is 0.136. The third-order valence-electron chi connectivity index (χ3n) is 9.78. The Hall–Kier alpha value is -7.78. The van der Waals surface area contributed by atoms with E-state index in [1.165, 1.54) is 4.90 Å². The van der Waals surface area contributed by atoms with Crippen molar-refractivity contribution in [2.24, 2.45) is 0 Å². The van der Waals surface area contributed by atoms with Gasteiger partial charge in [0.15, 0.2) is 11.4 Å². The summed E-state index contributed by atoms with van der Waals surface area (Å²) in [6.45, 7) is 21.0. The molecule has 1 aromatic heterocycles. The van der Waals surface area contributed by atoms with E-state index in [2.05, 4.69) is 21.8 Å². The van der Waals surface area contributed by atoms with Gasteiger partial charge in [-0.2, -0.15) is 10.5 Å². The van der Waals surface area contributed by atoms with Crippen molar-refractivity contribution < 1.29 is 9.59 Å². The summed E-state index contributed by atoms with van der Waals surface area (Å²) in [6, 6.07) is 35.4. The molecule has 0 atom stereocenters. The van der Waals surface area contributed by atoms with Gasteiger partial charge in [-0.25, -0.2) is 14.6 Å². The lowest BCUT2D eigenvalue weighted by Crippen LogP contribution is -2.31. The van der Waals surface area contributed by atoms with Gasteiger partial charge in [-0.15, -0.1) is 0 Å². The Morgan fingerprint density at radius 3 is 1.62 bits per heavy atom. The predicted octanol–water partition coefficient (Wildman–Crippen LogP) is 10.7. The van der Waals surface area contributed by atoms with Crippen LogP contribution in [0.1, 0.15) is 48.5 Å². The zero-order valence-corrected chi connectivity index (χ0v) is 28.8. The fourth-order valence-electron chi connectivity index (χ4n) is 7.64. The monoisotopic (exact) mass is 682 g/mol. The van der Waals surface area contributed by atoms with Crippen LogP contribution in [0, 0.1) is 56.6 Å². The van der Waals surface area contributed by atoms with Gasteiger partial charge in [-0.3, -0.25) is 9.59 Å². The smallest absolute Gasteiger partial charge is 0.268 e. The summed E-state index contributed by atoms with van der Waals surface area (Å²) >= 11 is 0. The molecule has 7 aromatic rings. The number of hydrogen-bond acceptors (Lipinski definition) is 4. The van der Waals surface area contributed by atoms with Crippen LogP contribution in [0.4, 0.5) is 17.1 Å². The zero-order valence-electron chi connectivity index (χ0n) is 28.8.